The molecule has 0 atom stereocenters. The Morgan fingerprint density at radius 1 is 0.806 bits per heavy atom. The summed E-state index contributed by atoms with van der Waals surface area (Å²) in [5, 5.41) is 0. The smallest absolute Gasteiger partial charge is 0.270 e. The summed E-state index contributed by atoms with van der Waals surface area (Å²) in [4.78, 5) is 34.7. The zero-order chi connectivity index (χ0) is 25.1. The average molecular weight is 493 g/mol. The SMILES string of the molecule is O=C(CN1CCN(C(c2ccc(F)cc2)c2ccc(F)cc2)CC1)c1c[nH]c(C(=O)N2CCCC2)c1. The van der Waals surface area contributed by atoms with E-state index in [0.717, 1.165) is 37.1 Å². The number of hydrogen-bond donors (Lipinski definition) is 1. The molecule has 36 heavy (non-hydrogen) atoms. The highest BCUT2D eigenvalue weighted by Crippen LogP contribution is 2.30. The fourth-order valence-corrected chi connectivity index (χ4v) is 5.15. The lowest BCUT2D eigenvalue weighted by Gasteiger charge is -2.39. The number of halogens is 2. The zero-order valence-electron chi connectivity index (χ0n) is 20.1. The lowest BCUT2D eigenvalue weighted by molar-refractivity contribution is 0.0787. The first kappa shape index (κ1) is 24.3. The van der Waals surface area contributed by atoms with Crippen LogP contribution in [0, 0.1) is 11.6 Å². The number of piperazine rings is 1. The van der Waals surface area contributed by atoms with Gasteiger partial charge in [-0.3, -0.25) is 19.4 Å². The summed E-state index contributed by atoms with van der Waals surface area (Å²) in [5.74, 6) is -0.661. The first-order valence-electron chi connectivity index (χ1n) is 12.5. The van der Waals surface area contributed by atoms with Crippen LogP contribution in [0.5, 0.6) is 0 Å². The first-order valence-corrected chi connectivity index (χ1v) is 12.5. The van der Waals surface area contributed by atoms with Crippen LogP contribution in [-0.4, -0.2) is 77.2 Å². The monoisotopic (exact) mass is 492 g/mol. The van der Waals surface area contributed by atoms with E-state index in [1.54, 1.807) is 36.5 Å². The van der Waals surface area contributed by atoms with Gasteiger partial charge in [-0.1, -0.05) is 24.3 Å². The minimum absolute atomic E-state index is 0.0196. The number of amides is 1. The molecule has 1 N–H and O–H groups in total. The van der Waals surface area contributed by atoms with Crippen LogP contribution in [0.15, 0.2) is 60.8 Å². The number of aromatic nitrogens is 1. The van der Waals surface area contributed by atoms with E-state index >= 15 is 0 Å². The molecule has 1 aromatic heterocycles. The topological polar surface area (TPSA) is 59.7 Å². The molecule has 2 saturated heterocycles. The Hall–Kier alpha value is -3.36. The highest BCUT2D eigenvalue weighted by Gasteiger charge is 2.28. The molecule has 2 aromatic carbocycles. The van der Waals surface area contributed by atoms with Gasteiger partial charge in [0.25, 0.3) is 5.91 Å². The van der Waals surface area contributed by atoms with Crippen LogP contribution in [0.3, 0.4) is 0 Å². The molecule has 1 amide bonds. The summed E-state index contributed by atoms with van der Waals surface area (Å²) in [7, 11) is 0. The van der Waals surface area contributed by atoms with E-state index < -0.39 is 0 Å². The molecule has 188 valence electrons. The average Bonchev–Trinajstić information content (AvgIpc) is 3.60. The maximum absolute atomic E-state index is 13.6. The number of rotatable bonds is 7. The second-order valence-electron chi connectivity index (χ2n) is 9.54. The number of carbonyl (C=O) groups excluding carboxylic acids is 2. The summed E-state index contributed by atoms with van der Waals surface area (Å²) >= 11 is 0. The fourth-order valence-electron chi connectivity index (χ4n) is 5.15. The van der Waals surface area contributed by atoms with Gasteiger partial charge < -0.3 is 9.88 Å². The van der Waals surface area contributed by atoms with Crippen LogP contribution < -0.4 is 0 Å². The summed E-state index contributed by atoms with van der Waals surface area (Å²) < 4.78 is 27.1. The molecular weight excluding hydrogens is 462 g/mol. The molecule has 0 radical (unpaired) electrons. The molecule has 2 fully saturated rings. The van der Waals surface area contributed by atoms with Crippen LogP contribution >= 0.6 is 0 Å². The highest BCUT2D eigenvalue weighted by atomic mass is 19.1. The van der Waals surface area contributed by atoms with Crippen molar-refractivity contribution in [2.45, 2.75) is 18.9 Å². The first-order chi connectivity index (χ1) is 17.5. The number of carbonyl (C=O) groups is 2. The van der Waals surface area contributed by atoms with Gasteiger partial charge in [-0.2, -0.15) is 0 Å². The second-order valence-corrected chi connectivity index (χ2v) is 9.54. The van der Waals surface area contributed by atoms with Crippen LogP contribution in [0.1, 0.15) is 50.9 Å². The molecule has 2 aliphatic heterocycles. The van der Waals surface area contributed by atoms with Gasteiger partial charge in [-0.15, -0.1) is 0 Å². The molecule has 0 saturated carbocycles. The minimum atomic E-state index is -0.296. The number of Topliss-reactive ketones (excluding diaryl/α,β-unsaturated/α-hetero) is 1. The van der Waals surface area contributed by atoms with Gasteiger partial charge in [0.1, 0.15) is 17.3 Å². The predicted molar refractivity (Wildman–Crippen MR) is 133 cm³/mol. The van der Waals surface area contributed by atoms with E-state index in [-0.39, 0.29) is 35.9 Å². The van der Waals surface area contributed by atoms with E-state index in [9.17, 15) is 18.4 Å². The molecule has 0 aliphatic carbocycles. The Morgan fingerprint density at radius 3 is 1.92 bits per heavy atom. The zero-order valence-corrected chi connectivity index (χ0v) is 20.1. The van der Waals surface area contributed by atoms with Crippen molar-refractivity contribution >= 4 is 11.7 Å². The maximum atomic E-state index is 13.6. The summed E-state index contributed by atoms with van der Waals surface area (Å²) in [6.45, 7) is 4.60. The number of likely N-dealkylation sites (tertiary alicyclic amines) is 1. The summed E-state index contributed by atoms with van der Waals surface area (Å²) in [6.07, 6.45) is 3.67. The van der Waals surface area contributed by atoms with Crippen LogP contribution in [0.25, 0.3) is 0 Å². The van der Waals surface area contributed by atoms with Crippen molar-refractivity contribution < 1.29 is 18.4 Å². The van der Waals surface area contributed by atoms with E-state index in [1.807, 2.05) is 4.90 Å². The van der Waals surface area contributed by atoms with Gasteiger partial charge >= 0.3 is 0 Å². The third kappa shape index (κ3) is 5.39. The van der Waals surface area contributed by atoms with Gasteiger partial charge in [0.2, 0.25) is 0 Å². The molecule has 0 bridgehead atoms. The van der Waals surface area contributed by atoms with Crippen molar-refractivity contribution in [3.8, 4) is 0 Å². The lowest BCUT2D eigenvalue weighted by atomic mass is 9.96. The second kappa shape index (κ2) is 10.7. The Balaban J connectivity index is 1.22. The Bertz CT molecular complexity index is 1150. The Kier molecular flexibility index (Phi) is 7.25. The van der Waals surface area contributed by atoms with Crippen molar-refractivity contribution in [1.29, 1.82) is 0 Å². The number of ketones is 1. The van der Waals surface area contributed by atoms with Crippen molar-refractivity contribution in [1.82, 2.24) is 19.7 Å². The molecule has 0 spiro atoms. The third-order valence-corrected chi connectivity index (χ3v) is 7.14. The molecule has 8 heteroatoms. The number of hydrogen-bond acceptors (Lipinski definition) is 4. The van der Waals surface area contributed by atoms with E-state index in [1.165, 1.54) is 24.3 Å². The molecule has 3 aromatic rings. The number of benzene rings is 2. The number of H-pyrrole nitrogens is 1. The lowest BCUT2D eigenvalue weighted by Crippen LogP contribution is -2.49. The van der Waals surface area contributed by atoms with Gasteiger partial charge in [-0.05, 0) is 54.3 Å². The quantitative estimate of drug-likeness (QED) is 0.504. The van der Waals surface area contributed by atoms with Gasteiger partial charge in [0, 0.05) is 51.0 Å². The number of nitrogens with one attached hydrogen (secondary N) is 1. The molecule has 6 nitrogen and oxygen atoms in total. The van der Waals surface area contributed by atoms with Crippen LogP contribution in [-0.2, 0) is 0 Å². The largest absolute Gasteiger partial charge is 0.356 e. The normalized spacial score (nSPS) is 17.1. The van der Waals surface area contributed by atoms with Crippen molar-refractivity contribution in [3.63, 3.8) is 0 Å². The van der Waals surface area contributed by atoms with Gasteiger partial charge in [0.05, 0.1) is 12.6 Å². The number of aromatic amines is 1. The van der Waals surface area contributed by atoms with Crippen LogP contribution in [0.2, 0.25) is 0 Å². The van der Waals surface area contributed by atoms with E-state index in [0.29, 0.717) is 37.4 Å². The summed E-state index contributed by atoms with van der Waals surface area (Å²) in [6, 6.07) is 14.4. The predicted octanol–water partition coefficient (Wildman–Crippen LogP) is 4.12. The fraction of sp³-hybridized carbons (Fsp3) is 0.357. The van der Waals surface area contributed by atoms with E-state index in [4.69, 9.17) is 0 Å². The molecule has 5 rings (SSSR count). The van der Waals surface area contributed by atoms with Crippen LogP contribution in [0.4, 0.5) is 8.78 Å². The van der Waals surface area contributed by atoms with Crippen molar-refractivity contribution in [2.24, 2.45) is 0 Å². The molecule has 3 heterocycles. The van der Waals surface area contributed by atoms with Crippen molar-refractivity contribution in [3.05, 3.63) is 94.8 Å². The minimum Gasteiger partial charge on any atom is -0.356 e. The van der Waals surface area contributed by atoms with Gasteiger partial charge in [-0.25, -0.2) is 8.78 Å². The molecular formula is C28H30F2N4O2. The highest BCUT2D eigenvalue weighted by molar-refractivity contribution is 6.01. The van der Waals surface area contributed by atoms with Gasteiger partial charge in [0.15, 0.2) is 5.78 Å². The molecule has 0 unspecified atom stereocenters. The van der Waals surface area contributed by atoms with Crippen molar-refractivity contribution in [2.75, 3.05) is 45.8 Å². The van der Waals surface area contributed by atoms with E-state index in [2.05, 4.69) is 14.8 Å². The molecule has 2 aliphatic rings. The Labute approximate surface area is 209 Å². The number of nitrogens with zero attached hydrogens (tertiary/aromatic N) is 3. The maximum Gasteiger partial charge on any atom is 0.270 e. The standard InChI is InChI=1S/C28H30F2N4O2/c29-23-7-3-20(4-8-23)27(21-5-9-24(30)10-6-21)33-15-13-32(14-16-33)19-26(35)22-17-25(31-18-22)28(36)34-11-1-2-12-34/h3-10,17-18,27,31H,1-2,11-16,19H2. The Morgan fingerprint density at radius 2 is 1.36 bits per heavy atom. The third-order valence-electron chi connectivity index (χ3n) is 7.14. The summed E-state index contributed by atoms with van der Waals surface area (Å²) in [5.41, 5.74) is 2.87.